The van der Waals surface area contributed by atoms with Crippen molar-refractivity contribution >= 4 is 15.9 Å². The third-order valence-corrected chi connectivity index (χ3v) is 5.68. The number of nitrogens with one attached hydrogen (secondary N) is 1. The molecule has 1 aliphatic heterocycles. The molecule has 1 aromatic rings. The van der Waals surface area contributed by atoms with Crippen LogP contribution in [0.4, 0.5) is 0 Å². The largest absolute Gasteiger partial charge is 0.385 e. The maximum atomic E-state index is 12.3. The van der Waals surface area contributed by atoms with E-state index < -0.39 is 10.0 Å². The number of hydrogen-bond acceptors (Lipinski definition) is 4. The Morgan fingerprint density at radius 2 is 1.87 bits per heavy atom. The smallest absolute Gasteiger partial charge is 0.251 e. The Bertz CT molecular complexity index is 607. The summed E-state index contributed by atoms with van der Waals surface area (Å²) in [4.78, 5) is 11.9. The lowest BCUT2D eigenvalue weighted by Gasteiger charge is -2.15. The standard InChI is InChI=1S/C16H24N2O4S/c1-22-12-4-9-17-16(19)15-7-5-14(6-8-15)13-23(20,21)18-10-2-3-11-18/h5-8H,2-4,9-13H2,1H3,(H,17,19). The summed E-state index contributed by atoms with van der Waals surface area (Å²) < 4.78 is 31.0. The molecule has 2 rings (SSSR count). The number of sulfonamides is 1. The number of carbonyl (C=O) groups is 1. The third kappa shape index (κ3) is 5.30. The van der Waals surface area contributed by atoms with Crippen molar-refractivity contribution in [2.45, 2.75) is 25.0 Å². The molecule has 0 aliphatic carbocycles. The van der Waals surface area contributed by atoms with Crippen molar-refractivity contribution in [1.29, 1.82) is 0 Å². The molecule has 1 fully saturated rings. The lowest BCUT2D eigenvalue weighted by Crippen LogP contribution is -2.29. The number of benzene rings is 1. The van der Waals surface area contributed by atoms with E-state index in [0.29, 0.717) is 37.4 Å². The van der Waals surface area contributed by atoms with E-state index >= 15 is 0 Å². The molecule has 0 radical (unpaired) electrons. The van der Waals surface area contributed by atoms with Crippen molar-refractivity contribution in [2.75, 3.05) is 33.4 Å². The van der Waals surface area contributed by atoms with E-state index in [4.69, 9.17) is 4.74 Å². The Kier molecular flexibility index (Phi) is 6.56. The summed E-state index contributed by atoms with van der Waals surface area (Å²) in [7, 11) is -1.63. The first kappa shape index (κ1) is 17.9. The summed E-state index contributed by atoms with van der Waals surface area (Å²) in [6, 6.07) is 6.75. The van der Waals surface area contributed by atoms with Gasteiger partial charge < -0.3 is 10.1 Å². The minimum absolute atomic E-state index is 0.0112. The quantitative estimate of drug-likeness (QED) is 0.726. The Morgan fingerprint density at radius 1 is 1.22 bits per heavy atom. The molecule has 128 valence electrons. The van der Waals surface area contributed by atoms with Gasteiger partial charge in [-0.3, -0.25) is 4.79 Å². The number of rotatable bonds is 8. The van der Waals surface area contributed by atoms with Crippen LogP contribution in [0.15, 0.2) is 24.3 Å². The summed E-state index contributed by atoms with van der Waals surface area (Å²) in [6.45, 7) is 2.39. The van der Waals surface area contributed by atoms with Gasteiger partial charge in [-0.1, -0.05) is 12.1 Å². The topological polar surface area (TPSA) is 75.7 Å². The van der Waals surface area contributed by atoms with Gasteiger partial charge in [0.2, 0.25) is 10.0 Å². The van der Waals surface area contributed by atoms with E-state index in [1.807, 2.05) is 0 Å². The van der Waals surface area contributed by atoms with Crippen LogP contribution in [-0.4, -0.2) is 52.0 Å². The lowest BCUT2D eigenvalue weighted by molar-refractivity contribution is 0.0948. The molecule has 0 aromatic heterocycles. The van der Waals surface area contributed by atoms with Crippen molar-refractivity contribution in [3.05, 3.63) is 35.4 Å². The van der Waals surface area contributed by atoms with Crippen LogP contribution in [0.25, 0.3) is 0 Å². The van der Waals surface area contributed by atoms with Gasteiger partial charge in [-0.25, -0.2) is 12.7 Å². The van der Waals surface area contributed by atoms with Crippen molar-refractivity contribution in [2.24, 2.45) is 0 Å². The van der Waals surface area contributed by atoms with Crippen LogP contribution in [-0.2, 0) is 20.5 Å². The molecule has 6 nitrogen and oxygen atoms in total. The molecule has 23 heavy (non-hydrogen) atoms. The van der Waals surface area contributed by atoms with Gasteiger partial charge in [0, 0.05) is 38.9 Å². The first-order chi connectivity index (χ1) is 11.0. The van der Waals surface area contributed by atoms with Crippen LogP contribution in [0.2, 0.25) is 0 Å². The first-order valence-corrected chi connectivity index (χ1v) is 9.48. The molecule has 1 saturated heterocycles. The van der Waals surface area contributed by atoms with Gasteiger partial charge in [0.05, 0.1) is 5.75 Å². The molecule has 1 aliphatic rings. The van der Waals surface area contributed by atoms with Gasteiger partial charge in [0.1, 0.15) is 0 Å². The molecule has 0 atom stereocenters. The Labute approximate surface area is 137 Å². The molecule has 0 bridgehead atoms. The minimum atomic E-state index is -3.25. The van der Waals surface area contributed by atoms with Crippen LogP contribution < -0.4 is 5.32 Å². The van der Waals surface area contributed by atoms with Gasteiger partial charge in [-0.05, 0) is 37.0 Å². The number of carbonyl (C=O) groups excluding carboxylic acids is 1. The fraction of sp³-hybridized carbons (Fsp3) is 0.562. The van der Waals surface area contributed by atoms with Crippen molar-refractivity contribution in [1.82, 2.24) is 9.62 Å². The predicted octanol–water partition coefficient (Wildman–Crippen LogP) is 1.38. The summed E-state index contributed by atoms with van der Waals surface area (Å²) in [5.41, 5.74) is 1.23. The van der Waals surface area contributed by atoms with Gasteiger partial charge in [-0.15, -0.1) is 0 Å². The Morgan fingerprint density at radius 3 is 2.48 bits per heavy atom. The van der Waals surface area contributed by atoms with E-state index in [2.05, 4.69) is 5.32 Å². The van der Waals surface area contributed by atoms with Gasteiger partial charge in [0.15, 0.2) is 0 Å². The Hall–Kier alpha value is -1.44. The number of ether oxygens (including phenoxy) is 1. The highest BCUT2D eigenvalue weighted by Gasteiger charge is 2.25. The summed E-state index contributed by atoms with van der Waals surface area (Å²) in [5.74, 6) is -0.169. The zero-order valence-electron chi connectivity index (χ0n) is 13.5. The molecule has 1 N–H and O–H groups in total. The average Bonchev–Trinajstić information content (AvgIpc) is 3.07. The molecule has 0 unspecified atom stereocenters. The summed E-state index contributed by atoms with van der Waals surface area (Å²) >= 11 is 0. The molecular formula is C16H24N2O4S. The predicted molar refractivity (Wildman–Crippen MR) is 88.7 cm³/mol. The molecule has 1 heterocycles. The van der Waals surface area contributed by atoms with Crippen molar-refractivity contribution < 1.29 is 17.9 Å². The van der Waals surface area contributed by atoms with Crippen molar-refractivity contribution in [3.63, 3.8) is 0 Å². The first-order valence-electron chi connectivity index (χ1n) is 7.87. The van der Waals surface area contributed by atoms with E-state index in [0.717, 1.165) is 19.3 Å². The number of amides is 1. The van der Waals surface area contributed by atoms with Crippen LogP contribution >= 0.6 is 0 Å². The monoisotopic (exact) mass is 340 g/mol. The van der Waals surface area contributed by atoms with E-state index in [-0.39, 0.29) is 11.7 Å². The van der Waals surface area contributed by atoms with Crippen LogP contribution in [0.5, 0.6) is 0 Å². The van der Waals surface area contributed by atoms with Crippen LogP contribution in [0.1, 0.15) is 35.2 Å². The van der Waals surface area contributed by atoms with Crippen LogP contribution in [0, 0.1) is 0 Å². The van der Waals surface area contributed by atoms with Gasteiger partial charge in [0.25, 0.3) is 5.91 Å². The number of nitrogens with zero attached hydrogens (tertiary/aromatic N) is 1. The van der Waals surface area contributed by atoms with Gasteiger partial charge in [-0.2, -0.15) is 0 Å². The highest BCUT2D eigenvalue weighted by atomic mass is 32.2. The van der Waals surface area contributed by atoms with Gasteiger partial charge >= 0.3 is 0 Å². The highest BCUT2D eigenvalue weighted by Crippen LogP contribution is 2.17. The maximum Gasteiger partial charge on any atom is 0.251 e. The average molecular weight is 340 g/mol. The lowest BCUT2D eigenvalue weighted by atomic mass is 10.1. The summed E-state index contributed by atoms with van der Waals surface area (Å²) in [6.07, 6.45) is 2.62. The zero-order chi connectivity index (χ0) is 16.7. The fourth-order valence-corrected chi connectivity index (χ4v) is 4.15. The molecule has 1 aromatic carbocycles. The second-order valence-corrected chi connectivity index (χ2v) is 7.63. The van der Waals surface area contributed by atoms with E-state index in [1.165, 1.54) is 0 Å². The van der Waals surface area contributed by atoms with Crippen LogP contribution in [0.3, 0.4) is 0 Å². The van der Waals surface area contributed by atoms with E-state index in [1.54, 1.807) is 35.7 Å². The number of methoxy groups -OCH3 is 1. The normalized spacial score (nSPS) is 15.7. The molecule has 0 saturated carbocycles. The van der Waals surface area contributed by atoms with E-state index in [9.17, 15) is 13.2 Å². The molecule has 0 spiro atoms. The summed E-state index contributed by atoms with van der Waals surface area (Å²) in [5, 5.41) is 2.80. The highest BCUT2D eigenvalue weighted by molar-refractivity contribution is 7.88. The Balaban J connectivity index is 1.90. The molecule has 1 amide bonds. The maximum absolute atomic E-state index is 12.3. The fourth-order valence-electron chi connectivity index (χ4n) is 2.54. The molecule has 7 heteroatoms. The molecular weight excluding hydrogens is 316 g/mol. The zero-order valence-corrected chi connectivity index (χ0v) is 14.3. The second-order valence-electron chi connectivity index (χ2n) is 5.66. The van der Waals surface area contributed by atoms with Crippen molar-refractivity contribution in [3.8, 4) is 0 Å². The number of hydrogen-bond donors (Lipinski definition) is 1. The SMILES string of the molecule is COCCCNC(=O)c1ccc(CS(=O)(=O)N2CCCC2)cc1. The second kappa shape index (κ2) is 8.42. The minimum Gasteiger partial charge on any atom is -0.385 e. The third-order valence-electron chi connectivity index (χ3n) is 3.83.